The SMILES string of the molecule is Cc1nc(N2CCN(C)CC2)cc(N2CCN(C(=O)c3cn(C)nn3)CC2)n1. The van der Waals surface area contributed by atoms with Crippen molar-refractivity contribution in [3.05, 3.63) is 23.8 Å². The molecule has 28 heavy (non-hydrogen) atoms. The van der Waals surface area contributed by atoms with Crippen molar-refractivity contribution >= 4 is 17.5 Å². The smallest absolute Gasteiger partial charge is 0.276 e. The fraction of sp³-hybridized carbons (Fsp3) is 0.611. The molecule has 0 saturated carbocycles. The summed E-state index contributed by atoms with van der Waals surface area (Å²) in [5.41, 5.74) is 0.395. The van der Waals surface area contributed by atoms with Crippen LogP contribution in [0.25, 0.3) is 0 Å². The maximum absolute atomic E-state index is 12.6. The Morgan fingerprint density at radius 1 is 0.893 bits per heavy atom. The normalized spacial score (nSPS) is 18.6. The predicted molar refractivity (Wildman–Crippen MR) is 106 cm³/mol. The topological polar surface area (TPSA) is 86.5 Å². The minimum absolute atomic E-state index is 0.0651. The first kappa shape index (κ1) is 18.6. The molecular formula is C18H27N9O. The van der Waals surface area contributed by atoms with E-state index in [4.69, 9.17) is 0 Å². The van der Waals surface area contributed by atoms with Crippen LogP contribution in [0.5, 0.6) is 0 Å². The molecular weight excluding hydrogens is 358 g/mol. The van der Waals surface area contributed by atoms with E-state index in [1.54, 1.807) is 17.9 Å². The molecule has 0 unspecified atom stereocenters. The highest BCUT2D eigenvalue weighted by Crippen LogP contribution is 2.21. The van der Waals surface area contributed by atoms with Gasteiger partial charge in [0, 0.05) is 65.5 Å². The molecule has 2 aromatic heterocycles. The van der Waals surface area contributed by atoms with Gasteiger partial charge in [-0.05, 0) is 14.0 Å². The van der Waals surface area contributed by atoms with Crippen molar-refractivity contribution in [2.45, 2.75) is 6.92 Å². The molecule has 0 N–H and O–H groups in total. The number of piperazine rings is 2. The number of likely N-dealkylation sites (N-methyl/N-ethyl adjacent to an activating group) is 1. The maximum Gasteiger partial charge on any atom is 0.276 e. The first-order valence-electron chi connectivity index (χ1n) is 9.69. The van der Waals surface area contributed by atoms with E-state index in [-0.39, 0.29) is 5.91 Å². The molecule has 150 valence electrons. The van der Waals surface area contributed by atoms with Crippen LogP contribution in [0.4, 0.5) is 11.6 Å². The van der Waals surface area contributed by atoms with Crippen molar-refractivity contribution in [2.75, 3.05) is 69.2 Å². The van der Waals surface area contributed by atoms with Crippen molar-refractivity contribution in [1.82, 2.24) is 34.8 Å². The molecule has 2 fully saturated rings. The predicted octanol–water partition coefficient (Wildman–Crippen LogP) is -0.372. The van der Waals surface area contributed by atoms with Gasteiger partial charge >= 0.3 is 0 Å². The number of carbonyl (C=O) groups excluding carboxylic acids is 1. The number of aryl methyl sites for hydroxylation is 2. The van der Waals surface area contributed by atoms with Crippen LogP contribution in [-0.2, 0) is 7.05 Å². The summed E-state index contributed by atoms with van der Waals surface area (Å²) in [5, 5.41) is 7.77. The third-order valence-electron chi connectivity index (χ3n) is 5.35. The van der Waals surface area contributed by atoms with Crippen molar-refractivity contribution in [2.24, 2.45) is 7.05 Å². The fourth-order valence-electron chi connectivity index (χ4n) is 3.64. The van der Waals surface area contributed by atoms with Crippen molar-refractivity contribution in [3.63, 3.8) is 0 Å². The highest BCUT2D eigenvalue weighted by molar-refractivity contribution is 5.92. The fourth-order valence-corrected chi connectivity index (χ4v) is 3.64. The Labute approximate surface area is 164 Å². The van der Waals surface area contributed by atoms with Gasteiger partial charge in [0.1, 0.15) is 17.5 Å². The summed E-state index contributed by atoms with van der Waals surface area (Å²) in [6, 6.07) is 2.08. The lowest BCUT2D eigenvalue weighted by molar-refractivity contribution is 0.0740. The first-order chi connectivity index (χ1) is 13.5. The summed E-state index contributed by atoms with van der Waals surface area (Å²) in [6.45, 7) is 8.75. The van der Waals surface area contributed by atoms with E-state index in [0.29, 0.717) is 18.8 Å². The summed E-state index contributed by atoms with van der Waals surface area (Å²) in [4.78, 5) is 30.6. The van der Waals surface area contributed by atoms with Gasteiger partial charge in [-0.25, -0.2) is 9.97 Å². The molecule has 2 aliphatic rings. The number of hydrogen-bond acceptors (Lipinski definition) is 8. The summed E-state index contributed by atoms with van der Waals surface area (Å²) in [6.07, 6.45) is 1.66. The van der Waals surface area contributed by atoms with Gasteiger partial charge in [-0.2, -0.15) is 0 Å². The third-order valence-corrected chi connectivity index (χ3v) is 5.35. The van der Waals surface area contributed by atoms with Crippen LogP contribution >= 0.6 is 0 Å². The molecule has 0 aliphatic carbocycles. The van der Waals surface area contributed by atoms with E-state index in [1.165, 1.54) is 0 Å². The van der Waals surface area contributed by atoms with Crippen molar-refractivity contribution in [3.8, 4) is 0 Å². The molecule has 2 aliphatic heterocycles. The minimum Gasteiger partial charge on any atom is -0.354 e. The van der Waals surface area contributed by atoms with Crippen LogP contribution in [0.2, 0.25) is 0 Å². The van der Waals surface area contributed by atoms with Crippen molar-refractivity contribution < 1.29 is 4.79 Å². The van der Waals surface area contributed by atoms with E-state index in [9.17, 15) is 4.79 Å². The van der Waals surface area contributed by atoms with E-state index < -0.39 is 0 Å². The Hall–Kier alpha value is -2.75. The Bertz CT molecular complexity index is 835. The summed E-state index contributed by atoms with van der Waals surface area (Å²) in [7, 11) is 3.91. The van der Waals surface area contributed by atoms with Gasteiger partial charge in [-0.3, -0.25) is 9.48 Å². The number of carbonyl (C=O) groups is 1. The van der Waals surface area contributed by atoms with Crippen LogP contribution in [0, 0.1) is 6.92 Å². The number of hydrogen-bond donors (Lipinski definition) is 0. The number of nitrogens with zero attached hydrogens (tertiary/aromatic N) is 9. The average molecular weight is 385 g/mol. The lowest BCUT2D eigenvalue weighted by atomic mass is 10.2. The van der Waals surface area contributed by atoms with Gasteiger partial charge in [0.15, 0.2) is 5.69 Å². The first-order valence-corrected chi connectivity index (χ1v) is 9.69. The largest absolute Gasteiger partial charge is 0.354 e. The lowest BCUT2D eigenvalue weighted by Gasteiger charge is -2.36. The van der Waals surface area contributed by atoms with E-state index in [0.717, 1.165) is 56.7 Å². The van der Waals surface area contributed by atoms with E-state index in [2.05, 4.69) is 48.1 Å². The summed E-state index contributed by atoms with van der Waals surface area (Å²) in [5.74, 6) is 2.65. The van der Waals surface area contributed by atoms with E-state index >= 15 is 0 Å². The molecule has 10 heteroatoms. The number of rotatable bonds is 3. The summed E-state index contributed by atoms with van der Waals surface area (Å²) < 4.78 is 1.55. The second-order valence-electron chi connectivity index (χ2n) is 7.48. The average Bonchev–Trinajstić information content (AvgIpc) is 3.14. The highest BCUT2D eigenvalue weighted by Gasteiger charge is 2.25. The maximum atomic E-state index is 12.6. The molecule has 2 aromatic rings. The molecule has 4 rings (SSSR count). The van der Waals surface area contributed by atoms with Crippen LogP contribution < -0.4 is 9.80 Å². The standard InChI is InChI=1S/C18H27N9O/c1-14-19-16(25-6-4-23(2)5-7-25)12-17(20-14)26-8-10-27(11-9-26)18(28)15-13-24(3)22-21-15/h12-13H,4-11H2,1-3H3. The van der Waals surface area contributed by atoms with Crippen LogP contribution in [0.1, 0.15) is 16.3 Å². The molecule has 0 aromatic carbocycles. The Morgan fingerprint density at radius 2 is 1.46 bits per heavy atom. The van der Waals surface area contributed by atoms with Gasteiger partial charge in [-0.1, -0.05) is 5.21 Å². The molecule has 4 heterocycles. The third kappa shape index (κ3) is 3.91. The van der Waals surface area contributed by atoms with Gasteiger partial charge in [0.05, 0.1) is 6.20 Å². The molecule has 2 saturated heterocycles. The number of anilines is 2. The monoisotopic (exact) mass is 385 g/mol. The quantitative estimate of drug-likeness (QED) is 0.707. The van der Waals surface area contributed by atoms with Crippen LogP contribution in [0.15, 0.2) is 12.3 Å². The Kier molecular flexibility index (Phi) is 5.12. The molecule has 0 bridgehead atoms. The van der Waals surface area contributed by atoms with Gasteiger partial charge in [0.2, 0.25) is 0 Å². The highest BCUT2D eigenvalue weighted by atomic mass is 16.2. The molecule has 10 nitrogen and oxygen atoms in total. The van der Waals surface area contributed by atoms with Crippen molar-refractivity contribution in [1.29, 1.82) is 0 Å². The Balaban J connectivity index is 1.42. The Morgan fingerprint density at radius 3 is 2.00 bits per heavy atom. The molecule has 0 atom stereocenters. The zero-order valence-corrected chi connectivity index (χ0v) is 16.7. The minimum atomic E-state index is -0.0651. The summed E-state index contributed by atoms with van der Waals surface area (Å²) >= 11 is 0. The van der Waals surface area contributed by atoms with Gasteiger partial charge in [0.25, 0.3) is 5.91 Å². The van der Waals surface area contributed by atoms with Gasteiger partial charge < -0.3 is 19.6 Å². The molecule has 0 radical (unpaired) electrons. The number of aromatic nitrogens is 5. The van der Waals surface area contributed by atoms with Crippen LogP contribution in [-0.4, -0.2) is 100 Å². The lowest BCUT2D eigenvalue weighted by Crippen LogP contribution is -2.49. The second kappa shape index (κ2) is 7.70. The van der Waals surface area contributed by atoms with Gasteiger partial charge in [-0.15, -0.1) is 5.10 Å². The van der Waals surface area contributed by atoms with E-state index in [1.807, 2.05) is 11.8 Å². The number of amides is 1. The zero-order valence-electron chi connectivity index (χ0n) is 16.7. The zero-order chi connectivity index (χ0) is 19.7. The second-order valence-corrected chi connectivity index (χ2v) is 7.48. The molecule has 0 spiro atoms. The van der Waals surface area contributed by atoms with Crippen LogP contribution in [0.3, 0.4) is 0 Å². The molecule has 1 amide bonds.